The Morgan fingerprint density at radius 2 is 2.05 bits per heavy atom. The maximum absolute atomic E-state index is 13.0. The van der Waals surface area contributed by atoms with Crippen LogP contribution in [-0.2, 0) is 24.2 Å². The summed E-state index contributed by atoms with van der Waals surface area (Å²) in [6.07, 6.45) is 4.35. The second kappa shape index (κ2) is 12.0. The predicted molar refractivity (Wildman–Crippen MR) is 159 cm³/mol. The number of thiophene rings is 1. The molecule has 0 fully saturated rings. The van der Waals surface area contributed by atoms with Crippen LogP contribution >= 0.6 is 23.1 Å². The third kappa shape index (κ3) is 6.74. The zero-order valence-electron chi connectivity index (χ0n) is 23.6. The van der Waals surface area contributed by atoms with Crippen molar-refractivity contribution in [3.8, 4) is 11.8 Å². The van der Waals surface area contributed by atoms with Crippen molar-refractivity contribution in [2.24, 2.45) is 11.3 Å². The standard InChI is InChI=1S/C30H37N5O2S2/c1-8-11-35-27(20(4)37-22-13-18(2)12-19(3)14-22)33-34-29(35)38-17-26(36)32-28-24(16-31)23-10-9-21(30(5,6)7)15-25(23)39-28/h8,12-14,20-21H,1,9-11,15,17H2,2-7H3,(H,32,36). The van der Waals surface area contributed by atoms with E-state index < -0.39 is 0 Å². The van der Waals surface area contributed by atoms with Crippen LogP contribution < -0.4 is 10.1 Å². The van der Waals surface area contributed by atoms with Crippen molar-refractivity contribution in [2.75, 3.05) is 11.1 Å². The number of nitrogens with zero attached hydrogens (tertiary/aromatic N) is 4. The van der Waals surface area contributed by atoms with Crippen molar-refractivity contribution in [1.29, 1.82) is 5.26 Å². The van der Waals surface area contributed by atoms with Gasteiger partial charge in [0.2, 0.25) is 5.91 Å². The van der Waals surface area contributed by atoms with Gasteiger partial charge >= 0.3 is 0 Å². The van der Waals surface area contributed by atoms with Crippen molar-refractivity contribution in [1.82, 2.24) is 14.8 Å². The minimum atomic E-state index is -0.339. The smallest absolute Gasteiger partial charge is 0.235 e. The van der Waals surface area contributed by atoms with Crippen LogP contribution in [0.2, 0.25) is 0 Å². The van der Waals surface area contributed by atoms with Gasteiger partial charge in [0.1, 0.15) is 16.8 Å². The summed E-state index contributed by atoms with van der Waals surface area (Å²) < 4.78 is 8.11. The highest BCUT2D eigenvalue weighted by Crippen LogP contribution is 2.44. The summed E-state index contributed by atoms with van der Waals surface area (Å²) in [5.41, 5.74) is 4.21. The summed E-state index contributed by atoms with van der Waals surface area (Å²) in [5.74, 6) is 2.00. The monoisotopic (exact) mass is 563 g/mol. The van der Waals surface area contributed by atoms with Crippen LogP contribution in [0.5, 0.6) is 5.75 Å². The molecule has 2 unspecified atom stereocenters. The Labute approximate surface area is 239 Å². The maximum atomic E-state index is 13.0. The van der Waals surface area contributed by atoms with E-state index in [1.807, 2.05) is 37.5 Å². The molecule has 1 N–H and O–H groups in total. The van der Waals surface area contributed by atoms with Crippen molar-refractivity contribution in [3.63, 3.8) is 0 Å². The molecule has 206 valence electrons. The van der Waals surface area contributed by atoms with E-state index in [0.29, 0.717) is 34.0 Å². The number of fused-ring (bicyclic) bond motifs is 1. The molecule has 2 heterocycles. The van der Waals surface area contributed by atoms with E-state index >= 15 is 0 Å². The number of anilines is 1. The second-order valence-electron chi connectivity index (χ2n) is 11.3. The molecule has 7 nitrogen and oxygen atoms in total. The molecule has 39 heavy (non-hydrogen) atoms. The molecule has 3 aromatic rings. The lowest BCUT2D eigenvalue weighted by atomic mass is 9.72. The van der Waals surface area contributed by atoms with Crippen LogP contribution in [0.25, 0.3) is 0 Å². The molecule has 0 radical (unpaired) electrons. The highest BCUT2D eigenvalue weighted by atomic mass is 32.2. The lowest BCUT2D eigenvalue weighted by Crippen LogP contribution is -2.26. The van der Waals surface area contributed by atoms with E-state index in [0.717, 1.165) is 41.7 Å². The summed E-state index contributed by atoms with van der Waals surface area (Å²) >= 11 is 2.86. The fraction of sp³-hybridized carbons (Fsp3) is 0.467. The number of thioether (sulfide) groups is 1. The Kier molecular flexibility index (Phi) is 8.87. The molecule has 0 aliphatic heterocycles. The molecule has 2 aromatic heterocycles. The number of aromatic nitrogens is 3. The Hall–Kier alpha value is -3.09. The summed E-state index contributed by atoms with van der Waals surface area (Å²) in [6, 6.07) is 8.44. The van der Waals surface area contributed by atoms with E-state index in [2.05, 4.69) is 55.0 Å². The number of nitriles is 1. The van der Waals surface area contributed by atoms with Crippen molar-refractivity contribution < 1.29 is 9.53 Å². The van der Waals surface area contributed by atoms with Gasteiger partial charge < -0.3 is 10.1 Å². The van der Waals surface area contributed by atoms with Crippen LogP contribution in [0, 0.1) is 36.5 Å². The fourth-order valence-electron chi connectivity index (χ4n) is 5.09. The van der Waals surface area contributed by atoms with Gasteiger partial charge in [-0.05, 0) is 80.2 Å². The topological polar surface area (TPSA) is 92.8 Å². The number of benzene rings is 1. The van der Waals surface area contributed by atoms with Crippen LogP contribution in [0.1, 0.15) is 73.2 Å². The number of aryl methyl sites for hydroxylation is 2. The maximum Gasteiger partial charge on any atom is 0.235 e. The van der Waals surface area contributed by atoms with Crippen LogP contribution in [0.3, 0.4) is 0 Å². The molecular weight excluding hydrogens is 526 g/mol. The number of carbonyl (C=O) groups excluding carboxylic acids is 1. The van der Waals surface area contributed by atoms with Gasteiger partial charge in [0.25, 0.3) is 0 Å². The zero-order valence-corrected chi connectivity index (χ0v) is 25.3. The first-order valence-electron chi connectivity index (χ1n) is 13.3. The number of amides is 1. The molecule has 1 aromatic carbocycles. The van der Waals surface area contributed by atoms with Crippen molar-refractivity contribution in [3.05, 3.63) is 63.8 Å². The van der Waals surface area contributed by atoms with Gasteiger partial charge in [0.15, 0.2) is 17.1 Å². The highest BCUT2D eigenvalue weighted by Gasteiger charge is 2.32. The van der Waals surface area contributed by atoms with E-state index in [4.69, 9.17) is 4.74 Å². The van der Waals surface area contributed by atoms with Crippen molar-refractivity contribution in [2.45, 2.75) is 78.6 Å². The minimum Gasteiger partial charge on any atom is -0.483 e. The van der Waals surface area contributed by atoms with Crippen molar-refractivity contribution >= 4 is 34.0 Å². The van der Waals surface area contributed by atoms with E-state index in [9.17, 15) is 10.1 Å². The normalized spacial score (nSPS) is 15.8. The van der Waals surface area contributed by atoms with E-state index in [-0.39, 0.29) is 23.2 Å². The molecule has 0 bridgehead atoms. The number of rotatable bonds is 9. The first-order chi connectivity index (χ1) is 18.5. The molecule has 1 aliphatic rings. The van der Waals surface area contributed by atoms with Gasteiger partial charge in [-0.2, -0.15) is 5.26 Å². The van der Waals surface area contributed by atoms with Crippen LogP contribution in [0.4, 0.5) is 5.00 Å². The first kappa shape index (κ1) is 28.9. The van der Waals surface area contributed by atoms with Gasteiger partial charge in [-0.1, -0.05) is 44.7 Å². The predicted octanol–water partition coefficient (Wildman–Crippen LogP) is 7.04. The SMILES string of the molecule is C=CCn1c(SCC(=O)Nc2sc3c(c2C#N)CCC(C(C)(C)C)C3)nnc1C(C)Oc1cc(C)cc(C)c1. The molecule has 1 amide bonds. The molecule has 4 rings (SSSR count). The first-order valence-corrected chi connectivity index (χ1v) is 15.1. The average molecular weight is 564 g/mol. The number of hydrogen-bond donors (Lipinski definition) is 1. The number of ether oxygens (including phenoxy) is 1. The Balaban J connectivity index is 1.44. The van der Waals surface area contributed by atoms with Gasteiger partial charge in [0.05, 0.1) is 11.3 Å². The van der Waals surface area contributed by atoms with Gasteiger partial charge in [-0.25, -0.2) is 0 Å². The zero-order chi connectivity index (χ0) is 28.3. The summed E-state index contributed by atoms with van der Waals surface area (Å²) in [4.78, 5) is 14.2. The quantitative estimate of drug-likeness (QED) is 0.222. The third-order valence-electron chi connectivity index (χ3n) is 7.12. The van der Waals surface area contributed by atoms with Crippen LogP contribution in [0.15, 0.2) is 36.0 Å². The molecule has 2 atom stereocenters. The number of hydrogen-bond acceptors (Lipinski definition) is 7. The summed E-state index contributed by atoms with van der Waals surface area (Å²) in [7, 11) is 0. The van der Waals surface area contributed by atoms with Gasteiger partial charge in [-0.3, -0.25) is 9.36 Å². The molecule has 0 saturated heterocycles. The van der Waals surface area contributed by atoms with Gasteiger partial charge in [0, 0.05) is 11.4 Å². The second-order valence-corrected chi connectivity index (χ2v) is 13.3. The lowest BCUT2D eigenvalue weighted by molar-refractivity contribution is -0.113. The number of carbonyl (C=O) groups is 1. The largest absolute Gasteiger partial charge is 0.483 e. The Morgan fingerprint density at radius 3 is 2.69 bits per heavy atom. The number of allylic oxidation sites excluding steroid dienone is 1. The number of nitrogens with one attached hydrogen (secondary N) is 1. The molecule has 9 heteroatoms. The molecule has 0 saturated carbocycles. The van der Waals surface area contributed by atoms with E-state index in [1.54, 1.807) is 17.4 Å². The average Bonchev–Trinajstić information content (AvgIpc) is 3.41. The molecular formula is C30H37N5O2S2. The minimum absolute atomic E-state index is 0.152. The van der Waals surface area contributed by atoms with Crippen LogP contribution in [-0.4, -0.2) is 26.4 Å². The highest BCUT2D eigenvalue weighted by molar-refractivity contribution is 7.99. The van der Waals surface area contributed by atoms with E-state index in [1.165, 1.54) is 16.6 Å². The molecule has 1 aliphatic carbocycles. The Bertz CT molecular complexity index is 1390. The summed E-state index contributed by atoms with van der Waals surface area (Å²) in [6.45, 7) is 17.2. The third-order valence-corrected chi connectivity index (χ3v) is 9.25. The fourth-order valence-corrected chi connectivity index (χ4v) is 7.14. The summed E-state index contributed by atoms with van der Waals surface area (Å²) in [5, 5.41) is 22.9. The lowest BCUT2D eigenvalue weighted by Gasteiger charge is -2.33. The molecule has 0 spiro atoms. The Morgan fingerprint density at radius 1 is 1.33 bits per heavy atom. The van der Waals surface area contributed by atoms with Gasteiger partial charge in [-0.15, -0.1) is 28.1 Å².